The third-order valence-electron chi connectivity index (χ3n) is 2.73. The third kappa shape index (κ3) is 4.18. The van der Waals surface area contributed by atoms with Gasteiger partial charge in [0.2, 0.25) is 0 Å². The van der Waals surface area contributed by atoms with E-state index in [9.17, 15) is 22.4 Å². The number of ketones is 1. The first kappa shape index (κ1) is 15.8. The molecule has 114 valence electrons. The number of ether oxygens (including phenoxy) is 1. The van der Waals surface area contributed by atoms with Crippen LogP contribution in [-0.2, 0) is 0 Å². The Labute approximate surface area is 123 Å². The number of carbonyl (C=O) groups is 1. The maximum atomic E-state index is 13.4. The lowest BCUT2D eigenvalue weighted by atomic mass is 10.1. The van der Waals surface area contributed by atoms with Gasteiger partial charge in [0.05, 0.1) is 5.56 Å². The summed E-state index contributed by atoms with van der Waals surface area (Å²) in [6.45, 7) is -2.91. The van der Waals surface area contributed by atoms with Crippen LogP contribution < -0.4 is 4.74 Å². The number of benzene rings is 2. The summed E-state index contributed by atoms with van der Waals surface area (Å²) in [7, 11) is 0. The Morgan fingerprint density at radius 3 is 2.32 bits per heavy atom. The standard InChI is InChI=1S/C16H10F4O2/c17-11-4-7-13(14(18)9-11)15(21)8-3-10-1-5-12(6-2-10)22-16(19)20/h1-9,16H/b8-3+. The molecular formula is C16H10F4O2. The minimum Gasteiger partial charge on any atom is -0.435 e. The molecule has 22 heavy (non-hydrogen) atoms. The summed E-state index contributed by atoms with van der Waals surface area (Å²) in [5.41, 5.74) is 0.285. The molecule has 0 unspecified atom stereocenters. The van der Waals surface area contributed by atoms with Gasteiger partial charge < -0.3 is 4.74 Å². The van der Waals surface area contributed by atoms with Crippen LogP contribution in [0, 0.1) is 11.6 Å². The fraction of sp³-hybridized carbons (Fsp3) is 0.0625. The van der Waals surface area contributed by atoms with E-state index in [1.165, 1.54) is 30.3 Å². The highest BCUT2D eigenvalue weighted by Gasteiger charge is 2.09. The Morgan fingerprint density at radius 1 is 1.05 bits per heavy atom. The summed E-state index contributed by atoms with van der Waals surface area (Å²) in [6, 6.07) is 8.21. The number of hydrogen-bond donors (Lipinski definition) is 0. The van der Waals surface area contributed by atoms with E-state index in [-0.39, 0.29) is 11.3 Å². The van der Waals surface area contributed by atoms with Gasteiger partial charge >= 0.3 is 6.61 Å². The molecule has 0 fully saturated rings. The van der Waals surface area contributed by atoms with Crippen LogP contribution in [0.1, 0.15) is 15.9 Å². The second kappa shape index (κ2) is 6.89. The first-order chi connectivity index (χ1) is 10.5. The molecule has 6 heteroatoms. The van der Waals surface area contributed by atoms with Crippen molar-refractivity contribution >= 4 is 11.9 Å². The van der Waals surface area contributed by atoms with Gasteiger partial charge in [0.15, 0.2) is 5.78 Å². The van der Waals surface area contributed by atoms with Crippen molar-refractivity contribution in [2.45, 2.75) is 6.61 Å². The zero-order valence-electron chi connectivity index (χ0n) is 11.1. The fourth-order valence-corrected chi connectivity index (χ4v) is 1.71. The summed E-state index contributed by atoms with van der Waals surface area (Å²) in [5, 5.41) is 0. The van der Waals surface area contributed by atoms with Crippen LogP contribution in [-0.4, -0.2) is 12.4 Å². The molecular weight excluding hydrogens is 300 g/mol. The number of allylic oxidation sites excluding steroid dienone is 1. The van der Waals surface area contributed by atoms with E-state index < -0.39 is 24.0 Å². The molecule has 0 saturated heterocycles. The second-order valence-electron chi connectivity index (χ2n) is 4.27. The SMILES string of the molecule is O=C(/C=C/c1ccc(OC(F)F)cc1)c1ccc(F)cc1F. The van der Waals surface area contributed by atoms with Crippen molar-refractivity contribution in [2.24, 2.45) is 0 Å². The van der Waals surface area contributed by atoms with Gasteiger partial charge in [0, 0.05) is 6.07 Å². The van der Waals surface area contributed by atoms with Gasteiger partial charge in [-0.3, -0.25) is 4.79 Å². The molecule has 0 saturated carbocycles. The summed E-state index contributed by atoms with van der Waals surface area (Å²) in [4.78, 5) is 11.8. The molecule has 2 aromatic carbocycles. The molecule has 2 aromatic rings. The van der Waals surface area contributed by atoms with E-state index >= 15 is 0 Å². The van der Waals surface area contributed by atoms with Gasteiger partial charge in [0.1, 0.15) is 17.4 Å². The predicted molar refractivity (Wildman–Crippen MR) is 72.8 cm³/mol. The summed E-state index contributed by atoms with van der Waals surface area (Å²) < 4.78 is 54.3. The number of alkyl halides is 2. The van der Waals surface area contributed by atoms with Crippen molar-refractivity contribution in [1.82, 2.24) is 0 Å². The fourth-order valence-electron chi connectivity index (χ4n) is 1.71. The lowest BCUT2D eigenvalue weighted by molar-refractivity contribution is -0.0498. The van der Waals surface area contributed by atoms with Crippen LogP contribution in [0.5, 0.6) is 5.75 Å². The topological polar surface area (TPSA) is 26.3 Å². The van der Waals surface area contributed by atoms with Crippen LogP contribution in [0.3, 0.4) is 0 Å². The lowest BCUT2D eigenvalue weighted by Crippen LogP contribution is -2.01. The van der Waals surface area contributed by atoms with E-state index in [0.717, 1.165) is 18.2 Å². The molecule has 2 nitrogen and oxygen atoms in total. The average Bonchev–Trinajstić information content (AvgIpc) is 2.45. The van der Waals surface area contributed by atoms with E-state index in [2.05, 4.69) is 4.74 Å². The molecule has 0 radical (unpaired) electrons. The molecule has 0 aromatic heterocycles. The second-order valence-corrected chi connectivity index (χ2v) is 4.27. The van der Waals surface area contributed by atoms with Gasteiger partial charge in [0.25, 0.3) is 0 Å². The highest BCUT2D eigenvalue weighted by Crippen LogP contribution is 2.16. The Hall–Kier alpha value is -2.63. The predicted octanol–water partition coefficient (Wildman–Crippen LogP) is 4.46. The molecule has 2 rings (SSSR count). The van der Waals surface area contributed by atoms with Crippen molar-refractivity contribution in [2.75, 3.05) is 0 Å². The number of carbonyl (C=O) groups excluding carboxylic acids is 1. The van der Waals surface area contributed by atoms with Crippen molar-refractivity contribution in [3.63, 3.8) is 0 Å². The minimum atomic E-state index is -2.91. The number of halogens is 4. The van der Waals surface area contributed by atoms with Crippen molar-refractivity contribution in [3.05, 3.63) is 71.3 Å². The van der Waals surface area contributed by atoms with Crippen LogP contribution in [0.15, 0.2) is 48.5 Å². The highest BCUT2D eigenvalue weighted by molar-refractivity contribution is 6.06. The van der Waals surface area contributed by atoms with Gasteiger partial charge in [-0.25, -0.2) is 8.78 Å². The van der Waals surface area contributed by atoms with Crippen molar-refractivity contribution in [1.29, 1.82) is 0 Å². The smallest absolute Gasteiger partial charge is 0.387 e. The monoisotopic (exact) mass is 310 g/mol. The van der Waals surface area contributed by atoms with Crippen LogP contribution >= 0.6 is 0 Å². The molecule has 0 aliphatic rings. The molecule has 0 spiro atoms. The molecule has 0 bridgehead atoms. The van der Waals surface area contributed by atoms with Crippen molar-refractivity contribution in [3.8, 4) is 5.75 Å². The van der Waals surface area contributed by atoms with E-state index in [0.29, 0.717) is 11.6 Å². The Bertz CT molecular complexity index is 694. The van der Waals surface area contributed by atoms with E-state index in [1.54, 1.807) is 0 Å². The molecule has 0 aliphatic carbocycles. The summed E-state index contributed by atoms with van der Waals surface area (Å²) >= 11 is 0. The molecule has 0 amide bonds. The first-order valence-electron chi connectivity index (χ1n) is 6.18. The van der Waals surface area contributed by atoms with Gasteiger partial charge in [-0.1, -0.05) is 18.2 Å². The summed E-state index contributed by atoms with van der Waals surface area (Å²) in [5.74, 6) is -2.36. The van der Waals surface area contributed by atoms with Gasteiger partial charge in [-0.05, 0) is 35.9 Å². The van der Waals surface area contributed by atoms with Gasteiger partial charge in [-0.2, -0.15) is 8.78 Å². The number of hydrogen-bond acceptors (Lipinski definition) is 2. The average molecular weight is 310 g/mol. The van der Waals surface area contributed by atoms with Gasteiger partial charge in [-0.15, -0.1) is 0 Å². The molecule has 0 heterocycles. The molecule has 0 aliphatic heterocycles. The molecule has 0 N–H and O–H groups in total. The Morgan fingerprint density at radius 2 is 1.73 bits per heavy atom. The zero-order chi connectivity index (χ0) is 16.1. The number of rotatable bonds is 5. The maximum absolute atomic E-state index is 13.4. The zero-order valence-corrected chi connectivity index (χ0v) is 11.1. The quantitative estimate of drug-likeness (QED) is 0.463. The van der Waals surface area contributed by atoms with Crippen LogP contribution in [0.2, 0.25) is 0 Å². The highest BCUT2D eigenvalue weighted by atomic mass is 19.3. The summed E-state index contributed by atoms with van der Waals surface area (Å²) in [6.07, 6.45) is 2.50. The minimum absolute atomic E-state index is 0.0111. The Kier molecular flexibility index (Phi) is 4.93. The van der Waals surface area contributed by atoms with Crippen LogP contribution in [0.25, 0.3) is 6.08 Å². The Balaban J connectivity index is 2.09. The van der Waals surface area contributed by atoms with E-state index in [1.807, 2.05) is 0 Å². The lowest BCUT2D eigenvalue weighted by Gasteiger charge is -2.03. The van der Waals surface area contributed by atoms with Crippen LogP contribution in [0.4, 0.5) is 17.6 Å². The third-order valence-corrected chi connectivity index (χ3v) is 2.73. The molecule has 0 atom stereocenters. The van der Waals surface area contributed by atoms with Crippen molar-refractivity contribution < 1.29 is 27.1 Å². The first-order valence-corrected chi connectivity index (χ1v) is 6.18. The largest absolute Gasteiger partial charge is 0.435 e. The van der Waals surface area contributed by atoms with E-state index in [4.69, 9.17) is 0 Å². The maximum Gasteiger partial charge on any atom is 0.387 e. The normalized spacial score (nSPS) is 11.1.